The zero-order valence-electron chi connectivity index (χ0n) is 6.67. The van der Waals surface area contributed by atoms with Crippen LogP contribution in [-0.2, 0) is 0 Å². The lowest BCUT2D eigenvalue weighted by Gasteiger charge is -1.98. The van der Waals surface area contributed by atoms with E-state index in [2.05, 4.69) is 8.75 Å². The Morgan fingerprint density at radius 1 is 1.14 bits per heavy atom. The number of nitrogens with zero attached hydrogens (tertiary/aromatic N) is 2. The van der Waals surface area contributed by atoms with Gasteiger partial charge in [0.1, 0.15) is 11.5 Å². The average molecular weight is 249 g/mol. The quantitative estimate of drug-likeness (QED) is 0.770. The Balaban J connectivity index is 2.57. The maximum absolute atomic E-state index is 13.0. The lowest BCUT2D eigenvalue weighted by molar-refractivity contribution is 0.628. The molecule has 6 heteroatoms. The molecule has 0 spiro atoms. The normalized spacial score (nSPS) is 10.5. The molecule has 2 aromatic rings. The molecule has 0 amide bonds. The summed E-state index contributed by atoms with van der Waals surface area (Å²) in [6, 6.07) is 4.13. The van der Waals surface area contributed by atoms with Crippen LogP contribution in [-0.4, -0.2) is 8.75 Å². The molecule has 1 heterocycles. The summed E-state index contributed by atoms with van der Waals surface area (Å²) in [5, 5.41) is 0.570. The molecule has 0 N–H and O–H groups in total. The van der Waals surface area contributed by atoms with Crippen molar-refractivity contribution in [2.24, 2.45) is 0 Å². The van der Waals surface area contributed by atoms with Crippen LogP contribution >= 0.6 is 34.9 Å². The van der Waals surface area contributed by atoms with Crippen molar-refractivity contribution in [1.82, 2.24) is 8.75 Å². The van der Waals surface area contributed by atoms with Gasteiger partial charge in [-0.15, -0.1) is 0 Å². The first-order valence-electron chi connectivity index (χ1n) is 3.61. The highest BCUT2D eigenvalue weighted by molar-refractivity contribution is 6.99. The SMILES string of the molecule is Fc1cc(Cl)cc(-c2nsnc2Cl)c1. The van der Waals surface area contributed by atoms with E-state index in [-0.39, 0.29) is 5.15 Å². The number of rotatable bonds is 1. The van der Waals surface area contributed by atoms with Gasteiger partial charge in [-0.3, -0.25) is 0 Å². The molecule has 1 aromatic carbocycles. The van der Waals surface area contributed by atoms with E-state index in [0.717, 1.165) is 11.7 Å². The highest BCUT2D eigenvalue weighted by atomic mass is 35.5. The molecule has 0 aliphatic rings. The molecule has 72 valence electrons. The van der Waals surface area contributed by atoms with Crippen LogP contribution in [0.1, 0.15) is 0 Å². The van der Waals surface area contributed by atoms with E-state index in [0.29, 0.717) is 16.3 Å². The summed E-state index contributed by atoms with van der Waals surface area (Å²) >= 11 is 12.4. The third-order valence-corrected chi connectivity index (χ3v) is 2.69. The molecule has 0 fully saturated rings. The fraction of sp³-hybridized carbons (Fsp3) is 0. The van der Waals surface area contributed by atoms with Crippen molar-refractivity contribution < 1.29 is 4.39 Å². The minimum absolute atomic E-state index is 0.261. The van der Waals surface area contributed by atoms with Crippen LogP contribution in [0.15, 0.2) is 18.2 Å². The van der Waals surface area contributed by atoms with Gasteiger partial charge in [-0.05, 0) is 18.2 Å². The van der Waals surface area contributed by atoms with Gasteiger partial charge in [-0.25, -0.2) is 4.39 Å². The maximum Gasteiger partial charge on any atom is 0.170 e. The fourth-order valence-electron chi connectivity index (χ4n) is 1.04. The zero-order valence-corrected chi connectivity index (χ0v) is 9.00. The Labute approximate surface area is 93.6 Å². The summed E-state index contributed by atoms with van der Waals surface area (Å²) in [5.74, 6) is -0.420. The highest BCUT2D eigenvalue weighted by Crippen LogP contribution is 2.28. The van der Waals surface area contributed by atoms with Crippen LogP contribution in [0.4, 0.5) is 4.39 Å². The monoisotopic (exact) mass is 248 g/mol. The van der Waals surface area contributed by atoms with Crippen LogP contribution in [0, 0.1) is 5.82 Å². The van der Waals surface area contributed by atoms with Gasteiger partial charge < -0.3 is 0 Å². The predicted octanol–water partition coefficient (Wildman–Crippen LogP) is 3.65. The van der Waals surface area contributed by atoms with Crippen LogP contribution in [0.2, 0.25) is 10.2 Å². The highest BCUT2D eigenvalue weighted by Gasteiger charge is 2.09. The smallest absolute Gasteiger partial charge is 0.170 e. The third-order valence-electron chi connectivity index (χ3n) is 1.58. The first kappa shape index (κ1) is 9.83. The summed E-state index contributed by atoms with van der Waals surface area (Å²) in [5.41, 5.74) is 0.992. The number of hydrogen-bond donors (Lipinski definition) is 0. The maximum atomic E-state index is 13.0. The predicted molar refractivity (Wildman–Crippen MR) is 55.3 cm³/mol. The van der Waals surface area contributed by atoms with E-state index in [1.807, 2.05) is 0 Å². The second kappa shape index (κ2) is 3.81. The van der Waals surface area contributed by atoms with Crippen molar-refractivity contribution >= 4 is 34.9 Å². The van der Waals surface area contributed by atoms with Gasteiger partial charge in [0, 0.05) is 10.6 Å². The van der Waals surface area contributed by atoms with E-state index < -0.39 is 5.82 Å². The number of halogens is 3. The van der Waals surface area contributed by atoms with Crippen LogP contribution in [0.25, 0.3) is 11.3 Å². The topological polar surface area (TPSA) is 25.8 Å². The number of hydrogen-bond acceptors (Lipinski definition) is 3. The molecule has 0 unspecified atom stereocenters. The summed E-state index contributed by atoms with van der Waals surface area (Å²) < 4.78 is 20.7. The van der Waals surface area contributed by atoms with Crippen molar-refractivity contribution in [3.05, 3.63) is 34.2 Å². The molecule has 0 bridgehead atoms. The van der Waals surface area contributed by atoms with Crippen molar-refractivity contribution in [3.63, 3.8) is 0 Å². The van der Waals surface area contributed by atoms with E-state index in [1.165, 1.54) is 12.1 Å². The lowest BCUT2D eigenvalue weighted by Crippen LogP contribution is -1.81. The van der Waals surface area contributed by atoms with E-state index >= 15 is 0 Å². The Morgan fingerprint density at radius 2 is 1.93 bits per heavy atom. The molecule has 0 saturated heterocycles. The lowest BCUT2D eigenvalue weighted by atomic mass is 10.2. The largest absolute Gasteiger partial charge is 0.207 e. The number of benzene rings is 1. The van der Waals surface area contributed by atoms with Crippen LogP contribution < -0.4 is 0 Å². The summed E-state index contributed by atoms with van der Waals surface area (Å²) in [4.78, 5) is 0. The third kappa shape index (κ3) is 1.87. The standard InChI is InChI=1S/C8H3Cl2FN2S/c9-5-1-4(2-6(11)3-5)7-8(10)13-14-12-7/h1-3H. The van der Waals surface area contributed by atoms with Gasteiger partial charge >= 0.3 is 0 Å². The minimum atomic E-state index is -0.420. The summed E-state index contributed by atoms with van der Waals surface area (Å²) in [6.07, 6.45) is 0. The Hall–Kier alpha value is -0.710. The Kier molecular flexibility index (Phi) is 2.67. The van der Waals surface area contributed by atoms with Gasteiger partial charge in [-0.1, -0.05) is 23.2 Å². The molecule has 14 heavy (non-hydrogen) atoms. The molecule has 0 aliphatic carbocycles. The minimum Gasteiger partial charge on any atom is -0.207 e. The first-order chi connectivity index (χ1) is 6.66. The van der Waals surface area contributed by atoms with E-state index in [1.54, 1.807) is 6.07 Å². The molecule has 0 atom stereocenters. The molecule has 2 nitrogen and oxygen atoms in total. The Morgan fingerprint density at radius 3 is 2.50 bits per heavy atom. The molecule has 0 saturated carbocycles. The van der Waals surface area contributed by atoms with E-state index in [9.17, 15) is 4.39 Å². The van der Waals surface area contributed by atoms with Crippen molar-refractivity contribution in [2.75, 3.05) is 0 Å². The molecule has 1 aromatic heterocycles. The van der Waals surface area contributed by atoms with Crippen LogP contribution in [0.5, 0.6) is 0 Å². The van der Waals surface area contributed by atoms with Crippen LogP contribution in [0.3, 0.4) is 0 Å². The van der Waals surface area contributed by atoms with Gasteiger partial charge in [-0.2, -0.15) is 8.75 Å². The zero-order chi connectivity index (χ0) is 10.1. The van der Waals surface area contributed by atoms with Gasteiger partial charge in [0.2, 0.25) is 0 Å². The van der Waals surface area contributed by atoms with Crippen molar-refractivity contribution in [1.29, 1.82) is 0 Å². The Bertz CT molecular complexity index is 452. The summed E-state index contributed by atoms with van der Waals surface area (Å²) in [7, 11) is 0. The van der Waals surface area contributed by atoms with E-state index in [4.69, 9.17) is 23.2 Å². The molecule has 2 rings (SSSR count). The second-order valence-corrected chi connectivity index (χ2v) is 3.88. The number of aromatic nitrogens is 2. The summed E-state index contributed by atoms with van der Waals surface area (Å²) in [6.45, 7) is 0. The van der Waals surface area contributed by atoms with Gasteiger partial charge in [0.15, 0.2) is 5.15 Å². The van der Waals surface area contributed by atoms with Crippen molar-refractivity contribution in [3.8, 4) is 11.3 Å². The molecule has 0 radical (unpaired) electrons. The molecule has 0 aliphatic heterocycles. The molecular weight excluding hydrogens is 246 g/mol. The molecular formula is C8H3Cl2FN2S. The van der Waals surface area contributed by atoms with Gasteiger partial charge in [0.05, 0.1) is 11.7 Å². The fourth-order valence-corrected chi connectivity index (χ4v) is 2.03. The van der Waals surface area contributed by atoms with Gasteiger partial charge in [0.25, 0.3) is 0 Å². The average Bonchev–Trinajstić information content (AvgIpc) is 2.49. The van der Waals surface area contributed by atoms with Crippen molar-refractivity contribution in [2.45, 2.75) is 0 Å². The second-order valence-electron chi connectivity index (χ2n) is 2.56. The first-order valence-corrected chi connectivity index (χ1v) is 5.10.